The van der Waals surface area contributed by atoms with E-state index in [0.717, 1.165) is 28.8 Å². The zero-order chi connectivity index (χ0) is 22.5. The molecule has 8 heteroatoms. The number of anilines is 2. The summed E-state index contributed by atoms with van der Waals surface area (Å²) in [5.41, 5.74) is 2.12. The van der Waals surface area contributed by atoms with Crippen LogP contribution < -0.4 is 10.6 Å². The molecule has 0 fully saturated rings. The molecule has 0 atom stereocenters. The molecule has 0 saturated carbocycles. The summed E-state index contributed by atoms with van der Waals surface area (Å²) in [4.78, 5) is 24.8. The lowest BCUT2D eigenvalue weighted by atomic mass is 10.1. The van der Waals surface area contributed by atoms with Crippen molar-refractivity contribution in [2.45, 2.75) is 39.0 Å². The van der Waals surface area contributed by atoms with Gasteiger partial charge in [-0.05, 0) is 42.7 Å². The van der Waals surface area contributed by atoms with Crippen LogP contribution in [0.15, 0.2) is 59.0 Å². The van der Waals surface area contributed by atoms with Crippen molar-refractivity contribution in [2.24, 2.45) is 0 Å². The summed E-state index contributed by atoms with van der Waals surface area (Å²) in [6.45, 7) is 4.24. The molecular weight excluding hydrogens is 424 g/mol. The summed E-state index contributed by atoms with van der Waals surface area (Å²) in [6.07, 6.45) is 2.20. The summed E-state index contributed by atoms with van der Waals surface area (Å²) in [6, 6.07) is 16.3. The van der Waals surface area contributed by atoms with E-state index in [2.05, 4.69) is 34.7 Å². The number of para-hydroxylation sites is 1. The molecule has 0 aliphatic rings. The maximum absolute atomic E-state index is 12.5. The van der Waals surface area contributed by atoms with Gasteiger partial charge in [-0.3, -0.25) is 9.59 Å². The molecule has 4 rings (SSSR count). The van der Waals surface area contributed by atoms with Gasteiger partial charge in [-0.1, -0.05) is 55.5 Å². The third-order valence-electron chi connectivity index (χ3n) is 5.25. The number of nitrogens with zero attached hydrogens (tertiary/aromatic N) is 2. The van der Waals surface area contributed by atoms with Gasteiger partial charge in [0.1, 0.15) is 10.6 Å². The second kappa shape index (κ2) is 9.74. The van der Waals surface area contributed by atoms with Gasteiger partial charge in [-0.15, -0.1) is 10.2 Å². The highest BCUT2D eigenvalue weighted by molar-refractivity contribution is 7.15. The molecule has 0 saturated heterocycles. The van der Waals surface area contributed by atoms with E-state index < -0.39 is 0 Å². The molecule has 2 aromatic heterocycles. The number of hydrogen-bond acceptors (Lipinski definition) is 6. The normalized spacial score (nSPS) is 11.1. The van der Waals surface area contributed by atoms with Crippen LogP contribution in [0.4, 0.5) is 10.8 Å². The SMILES string of the molecule is CCC(CC)c1nnc(NC(=O)Cc2ccc(NC(=O)c3cc4ccccc4o3)cc2)s1. The Morgan fingerprint density at radius 3 is 2.47 bits per heavy atom. The number of benzene rings is 2. The van der Waals surface area contributed by atoms with Crippen LogP contribution >= 0.6 is 11.3 Å². The van der Waals surface area contributed by atoms with Gasteiger partial charge in [0.25, 0.3) is 5.91 Å². The number of furan rings is 1. The first-order valence-electron chi connectivity index (χ1n) is 10.6. The maximum atomic E-state index is 12.5. The largest absolute Gasteiger partial charge is 0.451 e. The Morgan fingerprint density at radius 1 is 1.00 bits per heavy atom. The van der Waals surface area contributed by atoms with Crippen LogP contribution in [-0.2, 0) is 11.2 Å². The molecular formula is C24H24N4O3S. The minimum Gasteiger partial charge on any atom is -0.451 e. The highest BCUT2D eigenvalue weighted by Gasteiger charge is 2.15. The number of nitrogens with one attached hydrogen (secondary N) is 2. The highest BCUT2D eigenvalue weighted by atomic mass is 32.1. The van der Waals surface area contributed by atoms with E-state index in [1.165, 1.54) is 11.3 Å². The zero-order valence-electron chi connectivity index (χ0n) is 17.9. The Hall–Kier alpha value is -3.52. The Kier molecular flexibility index (Phi) is 6.61. The first kappa shape index (κ1) is 21.7. The van der Waals surface area contributed by atoms with Crippen LogP contribution in [0.5, 0.6) is 0 Å². The molecule has 0 bridgehead atoms. The molecule has 4 aromatic rings. The lowest BCUT2D eigenvalue weighted by Crippen LogP contribution is -2.14. The number of carbonyl (C=O) groups is 2. The van der Waals surface area contributed by atoms with Crippen LogP contribution in [0.2, 0.25) is 0 Å². The lowest BCUT2D eigenvalue weighted by Gasteiger charge is -2.06. The van der Waals surface area contributed by atoms with Gasteiger partial charge in [0.15, 0.2) is 5.76 Å². The summed E-state index contributed by atoms with van der Waals surface area (Å²) in [5.74, 6) is 0.146. The first-order chi connectivity index (χ1) is 15.6. The molecule has 0 aliphatic heterocycles. The number of rotatable bonds is 8. The summed E-state index contributed by atoms with van der Waals surface area (Å²) in [5, 5.41) is 16.3. The van der Waals surface area contributed by atoms with Crippen molar-refractivity contribution in [3.8, 4) is 0 Å². The third-order valence-corrected chi connectivity index (χ3v) is 6.25. The minimum absolute atomic E-state index is 0.156. The van der Waals surface area contributed by atoms with Crippen molar-refractivity contribution in [1.82, 2.24) is 10.2 Å². The number of amides is 2. The summed E-state index contributed by atoms with van der Waals surface area (Å²) in [7, 11) is 0. The predicted molar refractivity (Wildman–Crippen MR) is 126 cm³/mol. The molecule has 2 amide bonds. The number of carbonyl (C=O) groups excluding carboxylic acids is 2. The van der Waals surface area contributed by atoms with E-state index in [-0.39, 0.29) is 24.0 Å². The van der Waals surface area contributed by atoms with Crippen molar-refractivity contribution >= 4 is 44.9 Å². The van der Waals surface area contributed by atoms with E-state index in [9.17, 15) is 9.59 Å². The second-order valence-electron chi connectivity index (χ2n) is 7.48. The van der Waals surface area contributed by atoms with Gasteiger partial charge >= 0.3 is 0 Å². The molecule has 32 heavy (non-hydrogen) atoms. The van der Waals surface area contributed by atoms with Crippen molar-refractivity contribution in [3.63, 3.8) is 0 Å². The standard InChI is InChI=1S/C24H24N4O3S/c1-3-16(4-2)23-27-28-24(32-23)26-21(29)13-15-9-11-18(12-10-15)25-22(30)20-14-17-7-5-6-8-19(17)31-20/h5-12,14,16H,3-4,13H2,1-2H3,(H,25,30)(H,26,28,29). The van der Waals surface area contributed by atoms with E-state index in [1.54, 1.807) is 18.2 Å². The molecule has 2 aromatic carbocycles. The number of fused-ring (bicyclic) bond motifs is 1. The molecule has 164 valence electrons. The molecule has 2 heterocycles. The molecule has 7 nitrogen and oxygen atoms in total. The van der Waals surface area contributed by atoms with Gasteiger partial charge in [0, 0.05) is 17.0 Å². The monoisotopic (exact) mass is 448 g/mol. The molecule has 0 aliphatic carbocycles. The third kappa shape index (κ3) is 5.03. The highest BCUT2D eigenvalue weighted by Crippen LogP contribution is 2.28. The van der Waals surface area contributed by atoms with Crippen molar-refractivity contribution in [1.29, 1.82) is 0 Å². The van der Waals surface area contributed by atoms with Crippen LogP contribution in [0.25, 0.3) is 11.0 Å². The van der Waals surface area contributed by atoms with Crippen LogP contribution in [0, 0.1) is 0 Å². The van der Waals surface area contributed by atoms with Crippen molar-refractivity contribution in [2.75, 3.05) is 10.6 Å². The van der Waals surface area contributed by atoms with Gasteiger partial charge in [0.2, 0.25) is 11.0 Å². The lowest BCUT2D eigenvalue weighted by molar-refractivity contribution is -0.115. The Morgan fingerprint density at radius 2 is 1.75 bits per heavy atom. The first-order valence-corrected chi connectivity index (χ1v) is 11.4. The molecule has 0 spiro atoms. The summed E-state index contributed by atoms with van der Waals surface area (Å²) < 4.78 is 5.59. The fourth-order valence-electron chi connectivity index (χ4n) is 3.43. The van der Waals surface area contributed by atoms with Crippen molar-refractivity contribution in [3.05, 3.63) is 70.9 Å². The van der Waals surface area contributed by atoms with E-state index >= 15 is 0 Å². The predicted octanol–water partition coefficient (Wildman–Crippen LogP) is 5.62. The topological polar surface area (TPSA) is 97.1 Å². The van der Waals surface area contributed by atoms with Gasteiger partial charge in [-0.2, -0.15) is 0 Å². The smallest absolute Gasteiger partial charge is 0.291 e. The molecule has 0 radical (unpaired) electrons. The zero-order valence-corrected chi connectivity index (χ0v) is 18.7. The summed E-state index contributed by atoms with van der Waals surface area (Å²) >= 11 is 1.43. The minimum atomic E-state index is -0.323. The van der Waals surface area contributed by atoms with E-state index in [1.807, 2.05) is 36.4 Å². The Labute approximate surface area is 189 Å². The second-order valence-corrected chi connectivity index (χ2v) is 8.49. The fraction of sp³-hybridized carbons (Fsp3) is 0.250. The van der Waals surface area contributed by atoms with Crippen LogP contribution in [-0.4, -0.2) is 22.0 Å². The van der Waals surface area contributed by atoms with Crippen LogP contribution in [0.3, 0.4) is 0 Å². The Bertz CT molecular complexity index is 1190. The Balaban J connectivity index is 1.33. The number of hydrogen-bond donors (Lipinski definition) is 2. The van der Waals surface area contributed by atoms with Gasteiger partial charge in [0.05, 0.1) is 6.42 Å². The van der Waals surface area contributed by atoms with E-state index in [4.69, 9.17) is 4.42 Å². The van der Waals surface area contributed by atoms with Crippen molar-refractivity contribution < 1.29 is 14.0 Å². The van der Waals surface area contributed by atoms with E-state index in [0.29, 0.717) is 22.3 Å². The average Bonchev–Trinajstić information content (AvgIpc) is 3.43. The quantitative estimate of drug-likeness (QED) is 0.364. The number of aromatic nitrogens is 2. The van der Waals surface area contributed by atoms with Gasteiger partial charge < -0.3 is 15.1 Å². The van der Waals surface area contributed by atoms with Gasteiger partial charge in [-0.25, -0.2) is 0 Å². The average molecular weight is 449 g/mol. The molecule has 2 N–H and O–H groups in total. The van der Waals surface area contributed by atoms with Crippen LogP contribution in [0.1, 0.15) is 53.7 Å². The maximum Gasteiger partial charge on any atom is 0.291 e. The molecule has 0 unspecified atom stereocenters. The fourth-order valence-corrected chi connectivity index (χ4v) is 4.46.